The van der Waals surface area contributed by atoms with E-state index < -0.39 is 29.8 Å². The minimum Gasteiger partial charge on any atom is -0.493 e. The predicted octanol–water partition coefficient (Wildman–Crippen LogP) is 4.20. The smallest absolute Gasteiger partial charge is 0.491 e. The number of rotatable bonds is 8. The maximum Gasteiger partial charge on any atom is 0.491 e. The highest BCUT2D eigenvalue weighted by molar-refractivity contribution is 6.17. The van der Waals surface area contributed by atoms with E-state index in [-0.39, 0.29) is 23.6 Å². The monoisotopic (exact) mass is 492 g/mol. The molecule has 11 heteroatoms. The van der Waals surface area contributed by atoms with Gasteiger partial charge in [0.05, 0.1) is 25.9 Å². The first-order valence-electron chi connectivity index (χ1n) is 10.4. The third kappa shape index (κ3) is 5.29. The number of hydrogen-bond acceptors (Lipinski definition) is 8. The lowest BCUT2D eigenvalue weighted by molar-refractivity contribution is -0.189. The number of aromatic nitrogens is 1. The summed E-state index contributed by atoms with van der Waals surface area (Å²) in [4.78, 5) is 29.5. The van der Waals surface area contributed by atoms with Crippen LogP contribution in [0.1, 0.15) is 35.5 Å². The highest BCUT2D eigenvalue weighted by Crippen LogP contribution is 2.38. The van der Waals surface area contributed by atoms with E-state index in [0.717, 1.165) is 0 Å². The number of fused-ring (bicyclic) bond motifs is 1. The molecular weight excluding hydrogens is 469 g/mol. The molecular formula is C24H23F3N2O6. The van der Waals surface area contributed by atoms with E-state index in [1.165, 1.54) is 44.7 Å². The number of ketones is 1. The molecule has 0 spiro atoms. The van der Waals surface area contributed by atoms with Gasteiger partial charge in [0.2, 0.25) is 5.78 Å². The van der Waals surface area contributed by atoms with Gasteiger partial charge in [-0.1, -0.05) is 6.07 Å². The highest BCUT2D eigenvalue weighted by Gasteiger charge is 2.42. The third-order valence-corrected chi connectivity index (χ3v) is 4.92. The van der Waals surface area contributed by atoms with Crippen molar-refractivity contribution in [3.05, 3.63) is 53.3 Å². The van der Waals surface area contributed by atoms with Crippen molar-refractivity contribution >= 4 is 22.5 Å². The molecule has 0 atom stereocenters. The number of benzene rings is 2. The van der Waals surface area contributed by atoms with Gasteiger partial charge in [-0.05, 0) is 49.1 Å². The first-order valence-corrected chi connectivity index (χ1v) is 10.4. The van der Waals surface area contributed by atoms with Crippen LogP contribution in [0.3, 0.4) is 0 Å². The van der Waals surface area contributed by atoms with Crippen molar-refractivity contribution in [3.8, 4) is 23.0 Å². The van der Waals surface area contributed by atoms with Crippen LogP contribution < -0.4 is 24.7 Å². The van der Waals surface area contributed by atoms with Crippen molar-refractivity contribution in [3.63, 3.8) is 0 Å². The molecule has 0 aliphatic heterocycles. The topological polar surface area (TPSA) is 110 Å². The lowest BCUT2D eigenvalue weighted by Crippen LogP contribution is -2.29. The maximum atomic E-state index is 13.6. The Kier molecular flexibility index (Phi) is 7.49. The molecule has 0 saturated carbocycles. The van der Waals surface area contributed by atoms with Crippen molar-refractivity contribution in [1.29, 1.82) is 0 Å². The zero-order valence-corrected chi connectivity index (χ0v) is 19.4. The summed E-state index contributed by atoms with van der Waals surface area (Å²) in [5.41, 5.74) is 5.96. The van der Waals surface area contributed by atoms with Gasteiger partial charge in [0.15, 0.2) is 23.0 Å². The Balaban J connectivity index is 2.25. The van der Waals surface area contributed by atoms with Gasteiger partial charge in [0.1, 0.15) is 5.69 Å². The number of pyridine rings is 1. The third-order valence-electron chi connectivity index (χ3n) is 4.92. The average molecular weight is 492 g/mol. The van der Waals surface area contributed by atoms with Crippen molar-refractivity contribution in [2.45, 2.75) is 32.7 Å². The fourth-order valence-electron chi connectivity index (χ4n) is 3.39. The second-order valence-corrected chi connectivity index (χ2v) is 7.60. The number of halogens is 3. The first-order chi connectivity index (χ1) is 16.5. The Hall–Kier alpha value is -3.86. The van der Waals surface area contributed by atoms with E-state index in [4.69, 9.17) is 19.9 Å². The molecule has 0 radical (unpaired) electrons. The van der Waals surface area contributed by atoms with Crippen LogP contribution in [0.25, 0.3) is 10.8 Å². The molecule has 186 valence electrons. The van der Waals surface area contributed by atoms with E-state index >= 15 is 0 Å². The summed E-state index contributed by atoms with van der Waals surface area (Å²) in [6, 6.07) is 7.06. The molecule has 0 saturated heterocycles. The summed E-state index contributed by atoms with van der Waals surface area (Å²) in [6.07, 6.45) is -4.39. The number of nitrogens with zero attached hydrogens (tertiary/aromatic N) is 1. The van der Waals surface area contributed by atoms with Gasteiger partial charge >= 0.3 is 12.1 Å². The predicted molar refractivity (Wildman–Crippen MR) is 120 cm³/mol. The number of carbonyl (C=O) groups excluding carboxylic acids is 2. The van der Waals surface area contributed by atoms with Gasteiger partial charge in [0, 0.05) is 18.1 Å². The molecule has 0 fully saturated rings. The minimum atomic E-state index is -5.29. The zero-order valence-electron chi connectivity index (χ0n) is 19.4. The van der Waals surface area contributed by atoms with Crippen LogP contribution >= 0.6 is 0 Å². The zero-order chi connectivity index (χ0) is 25.9. The van der Waals surface area contributed by atoms with Crippen LogP contribution in [0.2, 0.25) is 0 Å². The quantitative estimate of drug-likeness (QED) is 0.283. The summed E-state index contributed by atoms with van der Waals surface area (Å²) in [5, 5.41) is 0.853. The summed E-state index contributed by atoms with van der Waals surface area (Å²) in [5.74, 6) is -3.48. The molecule has 8 nitrogen and oxygen atoms in total. The van der Waals surface area contributed by atoms with Gasteiger partial charge in [-0.3, -0.25) is 9.78 Å². The first kappa shape index (κ1) is 25.8. The van der Waals surface area contributed by atoms with Crippen LogP contribution in [0.15, 0.2) is 36.5 Å². The Labute approximate surface area is 198 Å². The van der Waals surface area contributed by atoms with Crippen LogP contribution in [0, 0.1) is 0 Å². The second kappa shape index (κ2) is 10.2. The van der Waals surface area contributed by atoms with Gasteiger partial charge in [-0.2, -0.15) is 13.2 Å². The molecule has 0 unspecified atom stereocenters. The number of nitrogens with two attached hydrogens (primary N) is 1. The van der Waals surface area contributed by atoms with Gasteiger partial charge in [-0.15, -0.1) is 0 Å². The summed E-state index contributed by atoms with van der Waals surface area (Å²) in [7, 11) is 2.85. The van der Waals surface area contributed by atoms with E-state index in [9.17, 15) is 22.8 Å². The number of hydrogen-bond donors (Lipinski definition) is 1. The molecule has 2 aromatic carbocycles. The van der Waals surface area contributed by atoms with E-state index in [0.29, 0.717) is 27.8 Å². The lowest BCUT2D eigenvalue weighted by atomic mass is 9.98. The van der Waals surface area contributed by atoms with Crippen LogP contribution in [-0.2, 0) is 11.3 Å². The van der Waals surface area contributed by atoms with Crippen molar-refractivity contribution in [1.82, 2.24) is 4.98 Å². The van der Waals surface area contributed by atoms with Crippen molar-refractivity contribution < 1.29 is 41.7 Å². The fraction of sp³-hybridized carbons (Fsp3) is 0.292. The van der Waals surface area contributed by atoms with Crippen molar-refractivity contribution in [2.75, 3.05) is 14.2 Å². The Morgan fingerprint density at radius 1 is 1.03 bits per heavy atom. The molecule has 1 heterocycles. The molecule has 0 aliphatic rings. The molecule has 1 aromatic heterocycles. The normalized spacial score (nSPS) is 11.5. The molecule has 35 heavy (non-hydrogen) atoms. The van der Waals surface area contributed by atoms with E-state index in [1.807, 2.05) is 0 Å². The van der Waals surface area contributed by atoms with Crippen molar-refractivity contribution in [2.24, 2.45) is 5.73 Å². The summed E-state index contributed by atoms with van der Waals surface area (Å²) in [6.45, 7) is 3.36. The number of esters is 1. The minimum absolute atomic E-state index is 0.0968. The van der Waals surface area contributed by atoms with Crippen LogP contribution in [-0.4, -0.2) is 43.2 Å². The number of alkyl halides is 3. The van der Waals surface area contributed by atoms with Crippen LogP contribution in [0.5, 0.6) is 23.0 Å². The van der Waals surface area contributed by atoms with Gasteiger partial charge in [-0.25, -0.2) is 4.79 Å². The number of ether oxygens (including phenoxy) is 4. The Bertz CT molecular complexity index is 1270. The molecule has 0 amide bonds. The standard InChI is InChI=1S/C24H23F3N2O6/c1-12(2)34-17-7-5-6-14(22(17)35-23(31)24(25,26)27)21(30)20-16-9-19(33-4)18(32-3)8-15(16)13(10-28)11-29-20/h5-9,11-12H,10,28H2,1-4H3. The number of para-hydroxylation sites is 1. The molecule has 0 bridgehead atoms. The van der Waals surface area contributed by atoms with Gasteiger partial charge in [0.25, 0.3) is 0 Å². The SMILES string of the molecule is COc1cc2c(CN)cnc(C(=O)c3cccc(OC(C)C)c3OC(=O)C(F)(F)F)c2cc1OC. The Morgan fingerprint density at radius 3 is 2.20 bits per heavy atom. The number of carbonyl (C=O) groups is 2. The molecule has 0 aliphatic carbocycles. The molecule has 3 rings (SSSR count). The van der Waals surface area contributed by atoms with E-state index in [1.54, 1.807) is 19.9 Å². The number of methoxy groups -OCH3 is 2. The molecule has 3 aromatic rings. The molecule has 2 N–H and O–H groups in total. The highest BCUT2D eigenvalue weighted by atomic mass is 19.4. The largest absolute Gasteiger partial charge is 0.493 e. The lowest BCUT2D eigenvalue weighted by Gasteiger charge is -2.18. The summed E-state index contributed by atoms with van der Waals surface area (Å²) >= 11 is 0. The van der Waals surface area contributed by atoms with Gasteiger partial charge < -0.3 is 24.7 Å². The fourth-order valence-corrected chi connectivity index (χ4v) is 3.39. The maximum absolute atomic E-state index is 13.6. The average Bonchev–Trinajstić information content (AvgIpc) is 2.81. The summed E-state index contributed by atoms with van der Waals surface area (Å²) < 4.78 is 59.7. The van der Waals surface area contributed by atoms with Crippen LogP contribution in [0.4, 0.5) is 13.2 Å². The second-order valence-electron chi connectivity index (χ2n) is 7.60. The Morgan fingerprint density at radius 2 is 1.66 bits per heavy atom. The van der Waals surface area contributed by atoms with E-state index in [2.05, 4.69) is 9.72 Å².